The minimum atomic E-state index is -0.585. The predicted octanol–water partition coefficient (Wildman–Crippen LogP) is 2.31. The van der Waals surface area contributed by atoms with Gasteiger partial charge in [-0.05, 0) is 24.3 Å². The molecule has 118 valence electrons. The number of anilines is 2. The van der Waals surface area contributed by atoms with Gasteiger partial charge >= 0.3 is 5.97 Å². The molecule has 1 aliphatic rings. The highest BCUT2D eigenvalue weighted by Gasteiger charge is 2.24. The molecule has 0 aromatic heterocycles. The average molecular weight is 313 g/mol. The van der Waals surface area contributed by atoms with E-state index in [0.717, 1.165) is 5.06 Å². The molecule has 1 heterocycles. The predicted molar refractivity (Wildman–Crippen MR) is 84.7 cm³/mol. The van der Waals surface area contributed by atoms with Gasteiger partial charge in [0.15, 0.2) is 0 Å². The van der Waals surface area contributed by atoms with Crippen molar-refractivity contribution in [3.8, 4) is 11.5 Å². The number of benzene rings is 2. The molecule has 23 heavy (non-hydrogen) atoms. The van der Waals surface area contributed by atoms with E-state index in [0.29, 0.717) is 22.4 Å². The van der Waals surface area contributed by atoms with Crippen molar-refractivity contribution in [3.63, 3.8) is 0 Å². The normalized spacial score (nSPS) is 13.2. The largest absolute Gasteiger partial charge is 0.737 e. The van der Waals surface area contributed by atoms with Gasteiger partial charge in [0.1, 0.15) is 17.2 Å². The number of hydroxylamine groups is 1. The van der Waals surface area contributed by atoms with Crippen molar-refractivity contribution >= 4 is 23.3 Å². The van der Waals surface area contributed by atoms with Gasteiger partial charge in [0.25, 0.3) is 5.96 Å². The number of carbonyl (C=O) groups excluding carboxylic acids is 1. The van der Waals surface area contributed by atoms with Crippen LogP contribution in [0, 0.1) is 5.21 Å². The summed E-state index contributed by atoms with van der Waals surface area (Å²) in [5.74, 6) is 0.243. The van der Waals surface area contributed by atoms with E-state index in [-0.39, 0.29) is 11.6 Å². The van der Waals surface area contributed by atoms with Crippen molar-refractivity contribution in [2.75, 3.05) is 10.2 Å². The second kappa shape index (κ2) is 5.85. The van der Waals surface area contributed by atoms with Crippen molar-refractivity contribution in [3.05, 3.63) is 53.7 Å². The third-order valence-corrected chi connectivity index (χ3v) is 2.97. The molecule has 2 aromatic carbocycles. The van der Waals surface area contributed by atoms with E-state index in [4.69, 9.17) is 15.3 Å². The van der Waals surface area contributed by atoms with Gasteiger partial charge in [-0.1, -0.05) is 18.2 Å². The average Bonchev–Trinajstić information content (AvgIpc) is 2.52. The van der Waals surface area contributed by atoms with Crippen molar-refractivity contribution in [2.24, 2.45) is 10.8 Å². The van der Waals surface area contributed by atoms with Crippen LogP contribution < -0.4 is 20.7 Å². The van der Waals surface area contributed by atoms with Crippen LogP contribution in [0.2, 0.25) is 0 Å². The summed E-state index contributed by atoms with van der Waals surface area (Å²) in [5, 5.41) is 16.9. The molecule has 0 spiro atoms. The fraction of sp³-hybridized carbons (Fsp3) is 0.0667. The zero-order valence-corrected chi connectivity index (χ0v) is 12.2. The van der Waals surface area contributed by atoms with Crippen molar-refractivity contribution in [1.29, 1.82) is 0 Å². The molecule has 2 aromatic rings. The highest BCUT2D eigenvalue weighted by Crippen LogP contribution is 2.37. The second-order valence-corrected chi connectivity index (χ2v) is 4.67. The van der Waals surface area contributed by atoms with Crippen LogP contribution in [0.15, 0.2) is 53.6 Å². The smallest absolute Gasteiger partial charge is 0.330 e. The first-order valence-electron chi connectivity index (χ1n) is 6.71. The maximum Gasteiger partial charge on any atom is 0.330 e. The molecule has 3 rings (SSSR count). The molecule has 0 atom stereocenters. The molecule has 1 aliphatic heterocycles. The Hall–Kier alpha value is -3.26. The lowest BCUT2D eigenvalue weighted by Crippen LogP contribution is -2.43. The zero-order chi connectivity index (χ0) is 16.4. The van der Waals surface area contributed by atoms with Gasteiger partial charge in [0.2, 0.25) is 0 Å². The van der Waals surface area contributed by atoms with Gasteiger partial charge in [-0.2, -0.15) is 0 Å². The van der Waals surface area contributed by atoms with Crippen LogP contribution in [0.1, 0.15) is 6.92 Å². The number of carbonyl (C=O) groups is 1. The SMILES string of the molecule is CC(=O)ON1C(N)=NN([O-])c2cc(Oc3ccccc3)ccc21. The van der Waals surface area contributed by atoms with Crippen LogP contribution in [0.5, 0.6) is 11.5 Å². The number of nitrogens with zero attached hydrogens (tertiary/aromatic N) is 3. The van der Waals surface area contributed by atoms with Crippen LogP contribution in [0.4, 0.5) is 11.4 Å². The molecule has 2 N–H and O–H groups in total. The number of hydrogen-bond acceptors (Lipinski definition) is 8. The van der Waals surface area contributed by atoms with Gasteiger partial charge in [0.05, 0.1) is 5.69 Å². The summed E-state index contributed by atoms with van der Waals surface area (Å²) in [6.45, 7) is 1.23. The van der Waals surface area contributed by atoms with Crippen LogP contribution in [0.3, 0.4) is 0 Å². The number of rotatable bonds is 3. The number of guanidine groups is 1. The Morgan fingerprint density at radius 2 is 1.87 bits per heavy atom. The van der Waals surface area contributed by atoms with E-state index in [1.807, 2.05) is 18.2 Å². The monoisotopic (exact) mass is 313 g/mol. The molecule has 8 heteroatoms. The lowest BCUT2D eigenvalue weighted by atomic mass is 10.2. The number of fused-ring (bicyclic) bond motifs is 1. The summed E-state index contributed by atoms with van der Waals surface area (Å²) in [6, 6.07) is 13.8. The maximum absolute atomic E-state index is 12.0. The third-order valence-electron chi connectivity index (χ3n) is 2.97. The Labute approximate surface area is 131 Å². The fourth-order valence-electron chi connectivity index (χ4n) is 2.05. The summed E-state index contributed by atoms with van der Waals surface area (Å²) in [5.41, 5.74) is 6.06. The summed E-state index contributed by atoms with van der Waals surface area (Å²) in [7, 11) is 0. The topological polar surface area (TPSA) is 103 Å². The second-order valence-electron chi connectivity index (χ2n) is 4.67. The van der Waals surface area contributed by atoms with Crippen molar-refractivity contribution in [1.82, 2.24) is 0 Å². The Kier molecular flexibility index (Phi) is 3.73. The fourth-order valence-corrected chi connectivity index (χ4v) is 2.05. The first-order valence-corrected chi connectivity index (χ1v) is 6.71. The molecule has 0 bridgehead atoms. The van der Waals surface area contributed by atoms with Gasteiger partial charge in [-0.15, -0.1) is 10.2 Å². The summed E-state index contributed by atoms with van der Waals surface area (Å²) in [4.78, 5) is 16.1. The minimum Gasteiger partial charge on any atom is -0.737 e. The van der Waals surface area contributed by atoms with E-state index in [9.17, 15) is 10.0 Å². The molecule has 0 fully saturated rings. The molecular weight excluding hydrogens is 300 g/mol. The Morgan fingerprint density at radius 3 is 2.57 bits per heavy atom. The number of ether oxygens (including phenoxy) is 1. The Bertz CT molecular complexity index is 763. The van der Waals surface area contributed by atoms with Crippen LogP contribution in [0.25, 0.3) is 0 Å². The summed E-state index contributed by atoms with van der Waals surface area (Å²) in [6.07, 6.45) is 0. The molecular formula is C15H13N4O4-. The molecule has 0 unspecified atom stereocenters. The lowest BCUT2D eigenvalue weighted by Gasteiger charge is -2.35. The highest BCUT2D eigenvalue weighted by molar-refractivity contribution is 6.01. The van der Waals surface area contributed by atoms with Crippen molar-refractivity contribution < 1.29 is 14.4 Å². The number of hydrazone groups is 1. The number of nitrogens with two attached hydrogens (primary N) is 1. The number of para-hydroxylation sites is 1. The van der Waals surface area contributed by atoms with Gasteiger partial charge < -0.3 is 25.7 Å². The maximum atomic E-state index is 12.0. The summed E-state index contributed by atoms with van der Waals surface area (Å²) < 4.78 is 5.66. The first-order chi connectivity index (χ1) is 11.0. The van der Waals surface area contributed by atoms with E-state index in [1.54, 1.807) is 24.3 Å². The summed E-state index contributed by atoms with van der Waals surface area (Å²) >= 11 is 0. The van der Waals surface area contributed by atoms with Crippen LogP contribution in [-0.4, -0.2) is 11.9 Å². The number of hydrogen-bond donors (Lipinski definition) is 1. The van der Waals surface area contributed by atoms with E-state index in [2.05, 4.69) is 5.10 Å². The Balaban J connectivity index is 1.93. The molecule has 0 saturated carbocycles. The Morgan fingerprint density at radius 1 is 1.13 bits per heavy atom. The van der Waals surface area contributed by atoms with Crippen LogP contribution >= 0.6 is 0 Å². The molecule has 0 saturated heterocycles. The highest BCUT2D eigenvalue weighted by atomic mass is 16.7. The molecule has 0 aliphatic carbocycles. The van der Waals surface area contributed by atoms with Crippen molar-refractivity contribution in [2.45, 2.75) is 6.92 Å². The van der Waals surface area contributed by atoms with Gasteiger partial charge in [0, 0.05) is 13.0 Å². The van der Waals surface area contributed by atoms with Gasteiger partial charge in [-0.3, -0.25) is 0 Å². The third kappa shape index (κ3) is 3.01. The van der Waals surface area contributed by atoms with E-state index in [1.165, 1.54) is 13.0 Å². The van der Waals surface area contributed by atoms with E-state index >= 15 is 0 Å². The van der Waals surface area contributed by atoms with Crippen LogP contribution in [-0.2, 0) is 9.63 Å². The quantitative estimate of drug-likeness (QED) is 0.927. The molecule has 0 radical (unpaired) electrons. The van der Waals surface area contributed by atoms with E-state index < -0.39 is 5.97 Å². The zero-order valence-electron chi connectivity index (χ0n) is 12.2. The molecule has 0 amide bonds. The van der Waals surface area contributed by atoms with Gasteiger partial charge in [-0.25, -0.2) is 4.79 Å². The standard InChI is InChI=1S/C15H13N4O4/c1-10(20)23-18-13-8-7-12(22-11-5-3-2-4-6-11)9-14(13)19(21)17-15(18)16/h2-9H,1H3,(H2,16,17)/q-1. The minimum absolute atomic E-state index is 0.147. The molecule has 8 nitrogen and oxygen atoms in total. The lowest BCUT2D eigenvalue weighted by molar-refractivity contribution is -0.140. The first kappa shape index (κ1) is 14.7.